The van der Waals surface area contributed by atoms with E-state index in [2.05, 4.69) is 0 Å². The molecule has 4 nitrogen and oxygen atoms in total. The summed E-state index contributed by atoms with van der Waals surface area (Å²) in [6, 6.07) is 5.78. The maximum absolute atomic E-state index is 13.8. The summed E-state index contributed by atoms with van der Waals surface area (Å²) in [6.45, 7) is 1.65. The van der Waals surface area contributed by atoms with Crippen molar-refractivity contribution in [2.45, 2.75) is 17.3 Å². The molecule has 0 N–H and O–H groups in total. The summed E-state index contributed by atoms with van der Waals surface area (Å²) < 4.78 is 14.0. The Hall–Kier alpha value is -0.400. The molecule has 2 rings (SSSR count). The van der Waals surface area contributed by atoms with Crippen molar-refractivity contribution >= 4 is 58.5 Å². The molecule has 1 fully saturated rings. The zero-order chi connectivity index (χ0) is 14.2. The van der Waals surface area contributed by atoms with Crippen molar-refractivity contribution in [3.05, 3.63) is 29.3 Å². The van der Waals surface area contributed by atoms with Crippen LogP contribution in [0.1, 0.15) is 6.92 Å². The largest absolute Gasteiger partial charge is 0.370 e. The Balaban J connectivity index is 2.29. The molecule has 1 aromatic rings. The SMILES string of the molecule is CC1N(c2cccc(Cl)c2)C(=O)N(F)N1SC(Cl)Cl. The van der Waals surface area contributed by atoms with Crippen LogP contribution < -0.4 is 4.90 Å². The molecule has 0 spiro atoms. The highest BCUT2D eigenvalue weighted by atomic mass is 35.5. The monoisotopic (exact) mass is 343 g/mol. The van der Waals surface area contributed by atoms with Gasteiger partial charge >= 0.3 is 6.03 Å². The van der Waals surface area contributed by atoms with Crippen LogP contribution in [-0.4, -0.2) is 26.0 Å². The van der Waals surface area contributed by atoms with Crippen molar-refractivity contribution in [2.24, 2.45) is 0 Å². The molecule has 9 heteroatoms. The van der Waals surface area contributed by atoms with Crippen molar-refractivity contribution in [2.75, 3.05) is 4.90 Å². The first kappa shape index (κ1) is 15.0. The minimum atomic E-state index is -0.882. The Morgan fingerprint density at radius 3 is 2.68 bits per heavy atom. The number of rotatable bonds is 3. The molecule has 0 bridgehead atoms. The van der Waals surface area contributed by atoms with Crippen LogP contribution in [0.3, 0.4) is 0 Å². The fraction of sp³-hybridized carbons (Fsp3) is 0.300. The standard InChI is InChI=1S/C10H9Cl3FN3OS/c1-6-15(8-4-2-3-7(11)5-8)10(18)16(14)17(6)19-9(12)13/h2-6,9H,1H3. The van der Waals surface area contributed by atoms with Gasteiger partial charge in [0, 0.05) is 10.7 Å². The highest BCUT2D eigenvalue weighted by Gasteiger charge is 2.45. The zero-order valence-corrected chi connectivity index (χ0v) is 12.7. The predicted octanol–water partition coefficient (Wildman–Crippen LogP) is 4.44. The lowest BCUT2D eigenvalue weighted by Gasteiger charge is -2.24. The van der Waals surface area contributed by atoms with Crippen LogP contribution in [0.2, 0.25) is 5.02 Å². The summed E-state index contributed by atoms with van der Waals surface area (Å²) in [5.74, 6) is 0. The lowest BCUT2D eigenvalue weighted by Crippen LogP contribution is -2.34. The van der Waals surface area contributed by atoms with Gasteiger partial charge < -0.3 is 0 Å². The zero-order valence-electron chi connectivity index (χ0n) is 9.63. The molecule has 1 atom stereocenters. The van der Waals surface area contributed by atoms with Gasteiger partial charge in [-0.05, 0) is 37.1 Å². The minimum Gasteiger partial charge on any atom is -0.272 e. The van der Waals surface area contributed by atoms with Gasteiger partial charge in [-0.1, -0.05) is 50.6 Å². The fourth-order valence-electron chi connectivity index (χ4n) is 1.74. The number of halogens is 4. The third-order valence-corrected chi connectivity index (χ3v) is 4.04. The molecule has 1 unspecified atom stereocenters. The molecule has 0 radical (unpaired) electrons. The number of anilines is 1. The third kappa shape index (κ3) is 3.03. The van der Waals surface area contributed by atoms with Crippen LogP contribution >= 0.6 is 46.8 Å². The molecule has 0 aliphatic carbocycles. The Morgan fingerprint density at radius 1 is 1.42 bits per heavy atom. The number of hydrogen-bond acceptors (Lipinski definition) is 3. The van der Waals surface area contributed by atoms with Crippen molar-refractivity contribution in [3.63, 3.8) is 0 Å². The summed E-state index contributed by atoms with van der Waals surface area (Å²) >= 11 is 17.9. The van der Waals surface area contributed by atoms with E-state index in [-0.39, 0.29) is 5.23 Å². The van der Waals surface area contributed by atoms with Gasteiger partial charge in [0.25, 0.3) is 0 Å². The number of amides is 2. The highest BCUT2D eigenvalue weighted by molar-refractivity contribution is 8.00. The van der Waals surface area contributed by atoms with Gasteiger partial charge in [0.2, 0.25) is 0 Å². The molecule has 1 aliphatic heterocycles. The van der Waals surface area contributed by atoms with Crippen molar-refractivity contribution in [1.82, 2.24) is 9.65 Å². The number of urea groups is 1. The summed E-state index contributed by atoms with van der Waals surface area (Å²) in [5, 5.41) is 0.440. The van der Waals surface area contributed by atoms with Crippen molar-refractivity contribution < 1.29 is 9.28 Å². The van der Waals surface area contributed by atoms with E-state index < -0.39 is 16.4 Å². The normalized spacial score (nSPS) is 20.7. The van der Waals surface area contributed by atoms with E-state index >= 15 is 0 Å². The number of hydrazine groups is 1. The topological polar surface area (TPSA) is 26.8 Å². The van der Waals surface area contributed by atoms with E-state index in [4.69, 9.17) is 34.8 Å². The van der Waals surface area contributed by atoms with E-state index in [0.29, 0.717) is 10.7 Å². The van der Waals surface area contributed by atoms with Gasteiger partial charge in [-0.2, -0.15) is 0 Å². The number of alkyl halides is 2. The fourth-order valence-corrected chi connectivity index (χ4v) is 3.00. The molecule has 0 aromatic heterocycles. The summed E-state index contributed by atoms with van der Waals surface area (Å²) in [5.41, 5.74) is 0.497. The molecule has 104 valence electrons. The smallest absolute Gasteiger partial charge is 0.272 e. The Morgan fingerprint density at radius 2 is 2.11 bits per heavy atom. The van der Waals surface area contributed by atoms with E-state index in [9.17, 15) is 9.28 Å². The van der Waals surface area contributed by atoms with Gasteiger partial charge in [-0.15, -0.1) is 4.41 Å². The molecule has 1 aliphatic rings. The Bertz CT molecular complexity index is 493. The number of hydrogen-bond donors (Lipinski definition) is 0. The maximum Gasteiger partial charge on any atom is 0.370 e. The van der Waals surface area contributed by atoms with E-state index in [1.165, 1.54) is 4.90 Å². The second-order valence-electron chi connectivity index (χ2n) is 3.69. The molecular weight excluding hydrogens is 336 g/mol. The molecule has 2 amide bonds. The number of carbonyl (C=O) groups excluding carboxylic acids is 1. The Kier molecular flexibility index (Phi) is 4.68. The van der Waals surface area contributed by atoms with Crippen LogP contribution in [0.5, 0.6) is 0 Å². The average Bonchev–Trinajstić information content (AvgIpc) is 2.53. The summed E-state index contributed by atoms with van der Waals surface area (Å²) in [4.78, 5) is 13.2. The van der Waals surface area contributed by atoms with Gasteiger partial charge in [0.1, 0.15) is 6.17 Å². The quantitative estimate of drug-likeness (QED) is 0.461. The number of carbonyl (C=O) groups is 1. The first-order chi connectivity index (χ1) is 8.91. The van der Waals surface area contributed by atoms with Gasteiger partial charge in [0.05, 0.1) is 0 Å². The lowest BCUT2D eigenvalue weighted by molar-refractivity contribution is -0.0427. The van der Waals surface area contributed by atoms with Crippen LogP contribution in [0.4, 0.5) is 15.0 Å². The summed E-state index contributed by atoms with van der Waals surface area (Å²) in [7, 11) is 0. The van der Waals surface area contributed by atoms with E-state index in [1.807, 2.05) is 0 Å². The first-order valence-corrected chi connectivity index (χ1v) is 7.29. The predicted molar refractivity (Wildman–Crippen MR) is 76.7 cm³/mol. The maximum atomic E-state index is 13.8. The molecule has 1 heterocycles. The van der Waals surface area contributed by atoms with Gasteiger partial charge in [-0.25, -0.2) is 4.79 Å². The van der Waals surface area contributed by atoms with Crippen LogP contribution in [0.25, 0.3) is 0 Å². The number of nitrogens with zero attached hydrogens (tertiary/aromatic N) is 3. The summed E-state index contributed by atoms with van der Waals surface area (Å²) in [6.07, 6.45) is -0.582. The number of benzene rings is 1. The van der Waals surface area contributed by atoms with Gasteiger partial charge in [-0.3, -0.25) is 4.90 Å². The molecule has 0 saturated carbocycles. The van der Waals surface area contributed by atoms with E-state index in [1.54, 1.807) is 31.2 Å². The minimum absolute atomic E-state index is 0.0198. The third-order valence-electron chi connectivity index (χ3n) is 2.50. The molecule has 1 aromatic carbocycles. The second kappa shape index (κ2) is 5.93. The van der Waals surface area contributed by atoms with Gasteiger partial charge in [0.15, 0.2) is 4.17 Å². The highest BCUT2D eigenvalue weighted by Crippen LogP contribution is 2.37. The van der Waals surface area contributed by atoms with Crippen LogP contribution in [0.15, 0.2) is 24.3 Å². The average molecular weight is 345 g/mol. The molecule has 19 heavy (non-hydrogen) atoms. The lowest BCUT2D eigenvalue weighted by atomic mass is 10.3. The van der Waals surface area contributed by atoms with Crippen molar-refractivity contribution in [1.29, 1.82) is 0 Å². The van der Waals surface area contributed by atoms with Crippen molar-refractivity contribution in [3.8, 4) is 0 Å². The molecule has 1 saturated heterocycles. The molecular formula is C10H9Cl3FN3OS. The Labute approximate surface area is 129 Å². The first-order valence-electron chi connectivity index (χ1n) is 5.20. The second-order valence-corrected chi connectivity index (χ2v) is 6.80. The van der Waals surface area contributed by atoms with Crippen LogP contribution in [0, 0.1) is 0 Å². The van der Waals surface area contributed by atoms with Crippen LogP contribution in [-0.2, 0) is 0 Å². The van der Waals surface area contributed by atoms with E-state index in [0.717, 1.165) is 16.4 Å².